The Morgan fingerprint density at radius 3 is 1.25 bits per heavy atom. The van der Waals surface area contributed by atoms with Gasteiger partial charge in [0.1, 0.15) is 34.8 Å². The quantitative estimate of drug-likeness (QED) is 0.0269. The standard InChI is InChI=1S/C65H85N13O17/c1-40(2)47-33-49(54(82)35-52(47)80)59-68-70-64(94)77(59)44-14-10-42(11-15-44)61(90)66-20-7-23-72(24-8-21-67-62(91)43-12-16-45(17-13-43)78-60(69-71-65(78)95)50-34-48(41(3)4)53(81)36-55(50)83)22-6-5-9-46(79)18-19-51(63(92)93)76-31-29-74(38-57(86)87)27-25-73(37-56(84)85)26-28-75(30-32-76)39-58(88)89/h10-17,33-36,40-41,51,80-83H,5-9,18-32,37-39H2,1-4H3,(H,66,90)(H,67,91)(H,70,94)(H,71,95)(H,84,85)(H,86,87)(H,88,89)(H,92,93)/t51-/m1/s1. The number of aliphatic carboxylic acids is 4. The van der Waals surface area contributed by atoms with Crippen LogP contribution in [0, 0.1) is 0 Å². The normalized spacial score (nSPS) is 14.3. The smallest absolute Gasteiger partial charge is 0.348 e. The van der Waals surface area contributed by atoms with E-state index in [2.05, 4.69) is 35.9 Å². The summed E-state index contributed by atoms with van der Waals surface area (Å²) in [5.74, 6) is -6.32. The van der Waals surface area contributed by atoms with Gasteiger partial charge in [-0.1, -0.05) is 27.7 Å². The van der Waals surface area contributed by atoms with E-state index in [0.717, 1.165) is 0 Å². The number of carboxylic acids is 4. The van der Waals surface area contributed by atoms with Crippen molar-refractivity contribution in [3.8, 4) is 57.1 Å². The molecule has 3 heterocycles. The van der Waals surface area contributed by atoms with Crippen LogP contribution in [0.3, 0.4) is 0 Å². The second-order valence-corrected chi connectivity index (χ2v) is 24.1. The van der Waals surface area contributed by atoms with Crippen molar-refractivity contribution in [2.45, 2.75) is 90.5 Å². The van der Waals surface area contributed by atoms with Gasteiger partial charge in [-0.2, -0.15) is 10.2 Å². The third kappa shape index (κ3) is 20.6. The van der Waals surface area contributed by atoms with Gasteiger partial charge in [-0.25, -0.2) is 28.9 Å². The van der Waals surface area contributed by atoms with Gasteiger partial charge in [0.25, 0.3) is 11.8 Å². The SMILES string of the molecule is CC(C)c1cc(-c2n[nH]c(=O)n2-c2ccc(C(=O)NCCCN(CCCCC(=O)CC[C@H](C(=O)O)N3CCN(CC(=O)O)CCN(CC(=O)O)CCN(CC(=O)O)CC3)CCCNC(=O)c3ccc(-n4c(-c5cc(C(C)C)c(O)cc5O)n[nH]c4=O)cc3)cc2)c(O)cc1O. The van der Waals surface area contributed by atoms with Crippen molar-refractivity contribution in [3.05, 3.63) is 116 Å². The van der Waals surface area contributed by atoms with E-state index in [1.54, 1.807) is 80.3 Å². The Hall–Kier alpha value is -9.75. The second kappa shape index (κ2) is 34.4. The van der Waals surface area contributed by atoms with Gasteiger partial charge in [-0.05, 0) is 135 Å². The van der Waals surface area contributed by atoms with Crippen LogP contribution in [0.15, 0.2) is 82.4 Å². The number of rotatable bonds is 32. The van der Waals surface area contributed by atoms with Gasteiger partial charge in [-0.15, -0.1) is 0 Å². The maximum absolute atomic E-state index is 13.5. The van der Waals surface area contributed by atoms with Crippen LogP contribution in [-0.4, -0.2) is 247 Å². The predicted molar refractivity (Wildman–Crippen MR) is 348 cm³/mol. The number of carbonyl (C=O) groups excluding carboxylic acids is 3. The molecule has 0 radical (unpaired) electrons. The summed E-state index contributed by atoms with van der Waals surface area (Å²) >= 11 is 0. The van der Waals surface area contributed by atoms with Crippen LogP contribution in [0.4, 0.5) is 0 Å². The number of nitrogens with zero attached hydrogens (tertiary/aromatic N) is 9. The van der Waals surface area contributed by atoms with Crippen LogP contribution in [0.2, 0.25) is 0 Å². The molecule has 12 N–H and O–H groups in total. The van der Waals surface area contributed by atoms with E-state index in [0.29, 0.717) is 78.9 Å². The molecule has 1 atom stereocenters. The Kier molecular flexibility index (Phi) is 26.3. The molecule has 1 fully saturated rings. The lowest BCUT2D eigenvalue weighted by Crippen LogP contribution is -2.51. The molecule has 95 heavy (non-hydrogen) atoms. The largest absolute Gasteiger partial charge is 0.508 e. The van der Waals surface area contributed by atoms with Crippen LogP contribution in [0.25, 0.3) is 34.2 Å². The van der Waals surface area contributed by atoms with Gasteiger partial charge < -0.3 is 56.4 Å². The Balaban J connectivity index is 0.968. The number of hydrogen-bond acceptors (Lipinski definition) is 20. The molecule has 4 aromatic carbocycles. The van der Waals surface area contributed by atoms with Gasteiger partial charge in [0.15, 0.2) is 11.6 Å². The molecule has 30 heteroatoms. The molecule has 0 saturated carbocycles. The van der Waals surface area contributed by atoms with Gasteiger partial charge in [0.05, 0.1) is 42.1 Å². The van der Waals surface area contributed by atoms with Crippen molar-refractivity contribution in [2.24, 2.45) is 0 Å². The van der Waals surface area contributed by atoms with Gasteiger partial charge >= 0.3 is 35.3 Å². The van der Waals surface area contributed by atoms with Crippen molar-refractivity contribution in [2.75, 3.05) is 105 Å². The summed E-state index contributed by atoms with van der Waals surface area (Å²) in [4.78, 5) is 123. The summed E-state index contributed by atoms with van der Waals surface area (Å²) in [6, 6.07) is 16.8. The van der Waals surface area contributed by atoms with E-state index in [-0.39, 0.29) is 180 Å². The van der Waals surface area contributed by atoms with Crippen molar-refractivity contribution in [3.63, 3.8) is 0 Å². The first-order chi connectivity index (χ1) is 45.3. The molecule has 1 saturated heterocycles. The number of phenolic OH excluding ortho intramolecular Hbond substituents is 4. The van der Waals surface area contributed by atoms with Gasteiger partial charge in [-0.3, -0.25) is 53.2 Å². The monoisotopic (exact) mass is 1320 g/mol. The number of H-pyrrole nitrogens is 2. The molecule has 2 aromatic heterocycles. The highest BCUT2D eigenvalue weighted by molar-refractivity contribution is 5.95. The van der Waals surface area contributed by atoms with E-state index in [4.69, 9.17) is 0 Å². The molecular formula is C65H85N13O17. The number of nitrogens with one attached hydrogen (secondary N) is 4. The fraction of sp³-hybridized carbons (Fsp3) is 0.462. The number of amides is 2. The molecule has 2 amide bonds. The zero-order valence-corrected chi connectivity index (χ0v) is 53.7. The maximum Gasteiger partial charge on any atom is 0.348 e. The fourth-order valence-corrected chi connectivity index (χ4v) is 11.4. The van der Waals surface area contributed by atoms with Crippen LogP contribution < -0.4 is 22.0 Å². The molecule has 0 aliphatic carbocycles. The Labute approximate surface area is 547 Å². The molecule has 1 aliphatic rings. The summed E-state index contributed by atoms with van der Waals surface area (Å²) in [6.07, 6.45) is 1.99. The van der Waals surface area contributed by atoms with Crippen molar-refractivity contribution in [1.82, 2.24) is 64.7 Å². The Bertz CT molecular complexity index is 3560. The highest BCUT2D eigenvalue weighted by Gasteiger charge is 2.30. The van der Waals surface area contributed by atoms with E-state index in [9.17, 15) is 84.0 Å². The second-order valence-electron chi connectivity index (χ2n) is 24.1. The van der Waals surface area contributed by atoms with E-state index in [1.165, 1.54) is 21.3 Å². The number of Topliss-reactive ketones (excluding diaryl/α,β-unsaturated/α-hetero) is 1. The van der Waals surface area contributed by atoms with E-state index < -0.39 is 41.3 Å². The molecule has 30 nitrogen and oxygen atoms in total. The number of ketones is 1. The number of aromatic amines is 2. The molecule has 0 bridgehead atoms. The first kappa shape index (κ1) is 72.7. The van der Waals surface area contributed by atoms with Crippen molar-refractivity contribution < 1.29 is 74.4 Å². The number of unbranched alkanes of at least 4 members (excludes halogenated alkanes) is 1. The zero-order chi connectivity index (χ0) is 69.0. The topological polar surface area (TPSA) is 423 Å². The number of phenols is 4. The van der Waals surface area contributed by atoms with Gasteiger partial charge in [0, 0.05) is 102 Å². The minimum atomic E-state index is -1.20. The predicted octanol–water partition coefficient (Wildman–Crippen LogP) is 3.53. The molecular weight excluding hydrogens is 1230 g/mol. The number of benzene rings is 4. The highest BCUT2D eigenvalue weighted by Crippen LogP contribution is 2.39. The summed E-state index contributed by atoms with van der Waals surface area (Å²) in [6.45, 7) is 9.39. The van der Waals surface area contributed by atoms with Crippen LogP contribution in [0.1, 0.15) is 116 Å². The maximum atomic E-state index is 13.5. The molecule has 6 aromatic rings. The van der Waals surface area contributed by atoms with E-state index in [1.807, 2.05) is 27.7 Å². The molecule has 512 valence electrons. The number of hydrogen-bond donors (Lipinski definition) is 12. The van der Waals surface area contributed by atoms with Crippen LogP contribution >= 0.6 is 0 Å². The lowest BCUT2D eigenvalue weighted by molar-refractivity contribution is -0.145. The summed E-state index contributed by atoms with van der Waals surface area (Å²) in [7, 11) is 0. The minimum Gasteiger partial charge on any atom is -0.508 e. The molecule has 0 unspecified atom stereocenters. The van der Waals surface area contributed by atoms with Crippen LogP contribution in [0.5, 0.6) is 23.0 Å². The summed E-state index contributed by atoms with van der Waals surface area (Å²) in [5.41, 5.74) is 1.61. The van der Waals surface area contributed by atoms with Crippen molar-refractivity contribution >= 4 is 41.5 Å². The Morgan fingerprint density at radius 1 is 0.505 bits per heavy atom. The summed E-state index contributed by atoms with van der Waals surface area (Å²) in [5, 5.41) is 101. The number of carboxylic acid groups (broad SMARTS) is 4. The molecule has 0 spiro atoms. The lowest BCUT2D eigenvalue weighted by Gasteiger charge is -2.35. The zero-order valence-electron chi connectivity index (χ0n) is 53.7. The number of carbonyl (C=O) groups is 7. The first-order valence-electron chi connectivity index (χ1n) is 31.6. The minimum absolute atomic E-state index is 0.0652. The summed E-state index contributed by atoms with van der Waals surface area (Å²) < 4.78 is 2.49. The third-order valence-electron chi connectivity index (χ3n) is 16.6. The third-order valence-corrected chi connectivity index (χ3v) is 16.6. The highest BCUT2D eigenvalue weighted by atomic mass is 16.4. The average Bonchev–Trinajstić information content (AvgIpc) is 1.72. The fourth-order valence-electron chi connectivity index (χ4n) is 11.4. The lowest BCUT2D eigenvalue weighted by atomic mass is 9.98. The number of aromatic nitrogens is 6. The number of aromatic hydroxyl groups is 4. The molecule has 1 aliphatic heterocycles. The van der Waals surface area contributed by atoms with E-state index >= 15 is 0 Å². The molecule has 7 rings (SSSR count). The van der Waals surface area contributed by atoms with Crippen LogP contribution in [-0.2, 0) is 24.0 Å². The average molecular weight is 1320 g/mol. The Morgan fingerprint density at radius 2 is 0.884 bits per heavy atom. The van der Waals surface area contributed by atoms with Crippen molar-refractivity contribution in [1.29, 1.82) is 0 Å². The van der Waals surface area contributed by atoms with Gasteiger partial charge in [0.2, 0.25) is 0 Å². The first-order valence-corrected chi connectivity index (χ1v) is 31.6.